The number of H-pyrrole nitrogens is 1. The van der Waals surface area contributed by atoms with E-state index in [1.807, 2.05) is 0 Å². The molecule has 0 aliphatic rings. The average Bonchev–Trinajstić information content (AvgIpc) is 1.94. The van der Waals surface area contributed by atoms with E-state index in [2.05, 4.69) is 9.72 Å². The number of hydrogen-bond donors (Lipinski definition) is 2. The number of alkyl halides is 3. The third-order valence-electron chi connectivity index (χ3n) is 1.14. The number of aromatic amines is 1. The van der Waals surface area contributed by atoms with Gasteiger partial charge in [0.25, 0.3) is 5.56 Å². The Balaban J connectivity index is 3.01. The minimum Gasteiger partial charge on any atom is -0.403 e. The van der Waals surface area contributed by atoms with Crippen molar-refractivity contribution in [1.29, 1.82) is 0 Å². The van der Waals surface area contributed by atoms with Crippen LogP contribution >= 0.6 is 0 Å². The van der Waals surface area contributed by atoms with Crippen LogP contribution in [0.4, 0.5) is 18.9 Å². The Morgan fingerprint density at radius 3 is 2.62 bits per heavy atom. The number of ether oxygens (including phenoxy) is 1. The molecule has 0 saturated carbocycles. The molecule has 0 aliphatic heterocycles. The first-order chi connectivity index (χ1) is 5.88. The molecule has 0 radical (unpaired) electrons. The van der Waals surface area contributed by atoms with Crippen molar-refractivity contribution in [3.05, 3.63) is 22.6 Å². The molecular formula is C6H5F3N2O2. The van der Waals surface area contributed by atoms with Crippen LogP contribution in [-0.2, 0) is 0 Å². The highest BCUT2D eigenvalue weighted by Gasteiger charge is 2.32. The first-order valence-electron chi connectivity index (χ1n) is 3.12. The van der Waals surface area contributed by atoms with E-state index in [1.165, 1.54) is 0 Å². The van der Waals surface area contributed by atoms with Crippen LogP contribution in [0.2, 0.25) is 0 Å². The summed E-state index contributed by atoms with van der Waals surface area (Å²) in [7, 11) is 0. The number of halogens is 3. The highest BCUT2D eigenvalue weighted by Crippen LogP contribution is 2.25. The Labute approximate surface area is 70.1 Å². The lowest BCUT2D eigenvalue weighted by Crippen LogP contribution is -2.19. The molecule has 1 heterocycles. The van der Waals surface area contributed by atoms with E-state index in [0.717, 1.165) is 6.20 Å². The fraction of sp³-hybridized carbons (Fsp3) is 0.167. The van der Waals surface area contributed by atoms with Gasteiger partial charge in [-0.25, -0.2) is 0 Å². The summed E-state index contributed by atoms with van der Waals surface area (Å²) in [4.78, 5) is 12.7. The van der Waals surface area contributed by atoms with Gasteiger partial charge in [-0.1, -0.05) is 0 Å². The second kappa shape index (κ2) is 3.00. The molecule has 0 unspecified atom stereocenters. The molecular weight excluding hydrogens is 189 g/mol. The molecule has 1 aromatic heterocycles. The zero-order chi connectivity index (χ0) is 10.1. The van der Waals surface area contributed by atoms with Crippen LogP contribution in [0.25, 0.3) is 0 Å². The topological polar surface area (TPSA) is 68.1 Å². The third kappa shape index (κ3) is 2.69. The Morgan fingerprint density at radius 1 is 1.46 bits per heavy atom. The maximum atomic E-state index is 11.7. The molecule has 4 nitrogen and oxygen atoms in total. The van der Waals surface area contributed by atoms with Gasteiger partial charge in [0.1, 0.15) is 0 Å². The SMILES string of the molecule is Nc1c[nH]c(=O)cc1OC(F)(F)F. The van der Waals surface area contributed by atoms with Crippen LogP contribution in [0, 0.1) is 0 Å². The number of aromatic nitrogens is 1. The Morgan fingerprint density at radius 2 is 2.08 bits per heavy atom. The molecule has 0 amide bonds. The summed E-state index contributed by atoms with van der Waals surface area (Å²) in [6, 6.07) is 0.628. The van der Waals surface area contributed by atoms with E-state index in [-0.39, 0.29) is 5.69 Å². The highest BCUT2D eigenvalue weighted by molar-refractivity contribution is 5.49. The number of pyridine rings is 1. The van der Waals surface area contributed by atoms with E-state index >= 15 is 0 Å². The molecule has 0 aliphatic carbocycles. The number of hydrogen-bond acceptors (Lipinski definition) is 3. The van der Waals surface area contributed by atoms with Crippen molar-refractivity contribution in [3.8, 4) is 5.75 Å². The summed E-state index contributed by atoms with van der Waals surface area (Å²) >= 11 is 0. The number of rotatable bonds is 1. The summed E-state index contributed by atoms with van der Waals surface area (Å²) in [6.45, 7) is 0. The fourth-order valence-electron chi connectivity index (χ4n) is 0.677. The standard InChI is InChI=1S/C6H5F3N2O2/c7-6(8,9)13-4-1-5(12)11-2-3(4)10/h1-2H,10H2,(H,11,12). The molecule has 13 heavy (non-hydrogen) atoms. The summed E-state index contributed by atoms with van der Waals surface area (Å²) in [5.41, 5.74) is 4.11. The van der Waals surface area contributed by atoms with Gasteiger partial charge in [-0.15, -0.1) is 13.2 Å². The molecule has 1 rings (SSSR count). The van der Waals surface area contributed by atoms with Crippen molar-refractivity contribution >= 4 is 5.69 Å². The van der Waals surface area contributed by atoms with E-state index in [0.29, 0.717) is 6.07 Å². The van der Waals surface area contributed by atoms with Crippen molar-refractivity contribution in [1.82, 2.24) is 4.98 Å². The van der Waals surface area contributed by atoms with Gasteiger partial charge in [-0.05, 0) is 0 Å². The lowest BCUT2D eigenvalue weighted by Gasteiger charge is -2.09. The molecule has 0 bridgehead atoms. The summed E-state index contributed by atoms with van der Waals surface area (Å²) in [5.74, 6) is -0.698. The van der Waals surface area contributed by atoms with E-state index in [1.54, 1.807) is 0 Å². The van der Waals surface area contributed by atoms with Crippen LogP contribution in [0.15, 0.2) is 17.1 Å². The monoisotopic (exact) mass is 194 g/mol. The van der Waals surface area contributed by atoms with Crippen molar-refractivity contribution in [3.63, 3.8) is 0 Å². The van der Waals surface area contributed by atoms with Crippen LogP contribution in [0.5, 0.6) is 5.75 Å². The molecule has 7 heteroatoms. The minimum absolute atomic E-state index is 0.281. The molecule has 0 saturated heterocycles. The Bertz CT molecular complexity index is 358. The van der Waals surface area contributed by atoms with Gasteiger partial charge in [0.05, 0.1) is 5.69 Å². The quantitative estimate of drug-likeness (QED) is 0.696. The maximum absolute atomic E-state index is 11.7. The highest BCUT2D eigenvalue weighted by atomic mass is 19.4. The second-order valence-electron chi connectivity index (χ2n) is 2.16. The van der Waals surface area contributed by atoms with E-state index < -0.39 is 17.7 Å². The first kappa shape index (κ1) is 9.43. The molecule has 0 aromatic carbocycles. The number of anilines is 1. The predicted octanol–water partition coefficient (Wildman–Crippen LogP) is 0.856. The Kier molecular flexibility index (Phi) is 2.18. The molecule has 0 spiro atoms. The molecule has 3 N–H and O–H groups in total. The van der Waals surface area contributed by atoms with Crippen LogP contribution in [-0.4, -0.2) is 11.3 Å². The van der Waals surface area contributed by atoms with E-state index in [9.17, 15) is 18.0 Å². The van der Waals surface area contributed by atoms with E-state index in [4.69, 9.17) is 5.73 Å². The third-order valence-corrected chi connectivity index (χ3v) is 1.14. The normalized spacial score (nSPS) is 11.3. The second-order valence-corrected chi connectivity index (χ2v) is 2.16. The molecule has 1 aromatic rings. The zero-order valence-electron chi connectivity index (χ0n) is 6.18. The van der Waals surface area contributed by atoms with Crippen molar-refractivity contribution < 1.29 is 17.9 Å². The lowest BCUT2D eigenvalue weighted by molar-refractivity contribution is -0.274. The first-order valence-corrected chi connectivity index (χ1v) is 3.12. The maximum Gasteiger partial charge on any atom is 0.573 e. The number of nitrogen functional groups attached to an aromatic ring is 1. The van der Waals surface area contributed by atoms with Gasteiger partial charge in [-0.3, -0.25) is 4.79 Å². The van der Waals surface area contributed by atoms with Gasteiger partial charge < -0.3 is 15.5 Å². The van der Waals surface area contributed by atoms with Crippen molar-refractivity contribution in [2.75, 3.05) is 5.73 Å². The zero-order valence-corrected chi connectivity index (χ0v) is 6.18. The largest absolute Gasteiger partial charge is 0.573 e. The van der Waals surface area contributed by atoms with Gasteiger partial charge in [0.15, 0.2) is 5.75 Å². The van der Waals surface area contributed by atoms with Crippen molar-refractivity contribution in [2.45, 2.75) is 6.36 Å². The molecule has 72 valence electrons. The van der Waals surface area contributed by atoms with Gasteiger partial charge in [-0.2, -0.15) is 0 Å². The predicted molar refractivity (Wildman–Crippen MR) is 38.2 cm³/mol. The van der Waals surface area contributed by atoms with Gasteiger partial charge in [0, 0.05) is 12.3 Å². The minimum atomic E-state index is -4.85. The van der Waals surface area contributed by atoms with Crippen LogP contribution in [0.1, 0.15) is 0 Å². The average molecular weight is 194 g/mol. The van der Waals surface area contributed by atoms with Crippen LogP contribution < -0.4 is 16.0 Å². The smallest absolute Gasteiger partial charge is 0.403 e. The number of nitrogens with one attached hydrogen (secondary N) is 1. The van der Waals surface area contributed by atoms with Crippen molar-refractivity contribution in [2.24, 2.45) is 0 Å². The summed E-state index contributed by atoms with van der Waals surface area (Å²) in [5, 5.41) is 0. The summed E-state index contributed by atoms with van der Waals surface area (Å²) < 4.78 is 38.5. The molecule has 0 atom stereocenters. The number of nitrogens with two attached hydrogens (primary N) is 1. The van der Waals surface area contributed by atoms with Crippen LogP contribution in [0.3, 0.4) is 0 Å². The fourth-order valence-corrected chi connectivity index (χ4v) is 0.677. The van der Waals surface area contributed by atoms with Gasteiger partial charge >= 0.3 is 6.36 Å². The van der Waals surface area contributed by atoms with Gasteiger partial charge in [0.2, 0.25) is 0 Å². The molecule has 0 fully saturated rings. The lowest BCUT2D eigenvalue weighted by atomic mass is 10.4. The summed E-state index contributed by atoms with van der Waals surface area (Å²) in [6.07, 6.45) is -3.91. The Hall–Kier alpha value is -1.66.